The topological polar surface area (TPSA) is 216 Å². The molecule has 2 aromatic carbocycles. The molecule has 68 heavy (non-hydrogen) atoms. The molecule has 0 aliphatic heterocycles. The van der Waals surface area contributed by atoms with E-state index in [0.29, 0.717) is 38.8 Å². The maximum absolute atomic E-state index is 14.3. The number of nitrogens with one attached hydrogen (secondary N) is 2. The van der Waals surface area contributed by atoms with E-state index >= 15 is 0 Å². The minimum Gasteiger partial charge on any atom is -0.422 e. The summed E-state index contributed by atoms with van der Waals surface area (Å²) in [5.74, 6) is -0.805. The lowest BCUT2D eigenvalue weighted by Gasteiger charge is -2.30. The molecule has 0 spiro atoms. The van der Waals surface area contributed by atoms with Gasteiger partial charge in [0.2, 0.25) is 20.0 Å². The van der Waals surface area contributed by atoms with E-state index in [1.807, 2.05) is 20.1 Å². The summed E-state index contributed by atoms with van der Waals surface area (Å²) in [4.78, 5) is 7.37. The average Bonchev–Trinajstić information content (AvgIpc) is 3.75. The highest BCUT2D eigenvalue weighted by atomic mass is 35.5. The van der Waals surface area contributed by atoms with Crippen LogP contribution < -0.4 is 15.0 Å². The zero-order chi connectivity index (χ0) is 49.7. The Balaban J connectivity index is 0.000000181. The number of hydrogen-bond donors (Lipinski definition) is 4. The van der Waals surface area contributed by atoms with Crippen LogP contribution in [-0.2, 0) is 20.0 Å². The summed E-state index contributed by atoms with van der Waals surface area (Å²) in [6.45, 7) is -1.26. The summed E-state index contributed by atoms with van der Waals surface area (Å²) in [6, 6.07) is 12.8. The van der Waals surface area contributed by atoms with Crippen LogP contribution in [-0.4, -0.2) is 91.9 Å². The smallest absolute Gasteiger partial charge is 0.422 e. The van der Waals surface area contributed by atoms with Crippen molar-refractivity contribution in [3.63, 3.8) is 0 Å². The second-order valence-corrected chi connectivity index (χ2v) is 20.0. The second-order valence-electron chi connectivity index (χ2n) is 16.2. The van der Waals surface area contributed by atoms with E-state index in [2.05, 4.69) is 16.0 Å². The van der Waals surface area contributed by atoms with Crippen LogP contribution in [0, 0.1) is 48.1 Å². The standard InChI is InChI=1S/C22H21F3N4O2S.C14H14BFN2O2.C8H9ClF2N2O2S/c1-13-7-21-17(8-19(13)25)18(11-26)22(29(21)15-3-2-4-15)20-6-5-16(12-27-20)32(30,31)28-14(9-23)10-24;1-8-5-13-10(6-12(8)16)11(7-17)14(15(19)20)18(13)9-3-2-4-9;9-8-2-1-7(5-12-8)16(14,15)13-6(3-10)4-11/h5-8,12,14-15,28H,2-4,9-10H2,1H3;5-6,9,19-20H,2-4H2,1H3;1-2,5-6,13H,3-4H2. The van der Waals surface area contributed by atoms with Gasteiger partial charge in [-0.05, 0) is 112 Å². The van der Waals surface area contributed by atoms with Crippen LogP contribution >= 0.6 is 11.6 Å². The molecule has 2 saturated carbocycles. The minimum absolute atomic E-state index is 0.126. The lowest BCUT2D eigenvalue weighted by molar-refractivity contribution is 0.321. The third-order valence-electron chi connectivity index (χ3n) is 11.6. The number of halogens is 7. The van der Waals surface area contributed by atoms with E-state index in [-0.39, 0.29) is 43.7 Å². The van der Waals surface area contributed by atoms with Gasteiger partial charge in [-0.25, -0.2) is 57.6 Å². The minimum atomic E-state index is -4.17. The second kappa shape index (κ2) is 21.8. The largest absolute Gasteiger partial charge is 0.507 e. The Morgan fingerprint density at radius 3 is 1.54 bits per heavy atom. The molecule has 0 saturated heterocycles. The van der Waals surface area contributed by atoms with Crippen LogP contribution in [0.1, 0.15) is 72.9 Å². The molecule has 0 unspecified atom stereocenters. The molecule has 360 valence electrons. The first kappa shape index (κ1) is 51.9. The molecule has 0 bridgehead atoms. The zero-order valence-electron chi connectivity index (χ0n) is 36.4. The van der Waals surface area contributed by atoms with Crippen LogP contribution in [0.15, 0.2) is 70.7 Å². The summed E-state index contributed by atoms with van der Waals surface area (Å²) in [5, 5.41) is 39.5. The van der Waals surface area contributed by atoms with Gasteiger partial charge in [-0.1, -0.05) is 11.6 Å². The van der Waals surface area contributed by atoms with Crippen molar-refractivity contribution >= 4 is 66.2 Å². The van der Waals surface area contributed by atoms with Gasteiger partial charge in [0.15, 0.2) is 0 Å². The fourth-order valence-electron chi connectivity index (χ4n) is 7.67. The van der Waals surface area contributed by atoms with Crippen LogP contribution in [0.3, 0.4) is 0 Å². The highest BCUT2D eigenvalue weighted by Crippen LogP contribution is 2.43. The number of hydrogen-bond acceptors (Lipinski definition) is 10. The predicted octanol–water partition coefficient (Wildman–Crippen LogP) is 7.02. The first-order chi connectivity index (χ1) is 32.3. The van der Waals surface area contributed by atoms with Gasteiger partial charge >= 0.3 is 7.12 Å². The molecule has 2 aliphatic rings. The Kier molecular flexibility index (Phi) is 16.7. The maximum Gasteiger partial charge on any atom is 0.507 e. The summed E-state index contributed by atoms with van der Waals surface area (Å²) in [7, 11) is -9.85. The number of fused-ring (bicyclic) bond motifs is 2. The zero-order valence-corrected chi connectivity index (χ0v) is 38.8. The van der Waals surface area contributed by atoms with E-state index in [0.717, 1.165) is 56.4 Å². The molecule has 2 fully saturated rings. The van der Waals surface area contributed by atoms with E-state index in [4.69, 9.17) is 11.6 Å². The third-order valence-corrected chi connectivity index (χ3v) is 14.9. The molecule has 4 N–H and O–H groups in total. The van der Waals surface area contributed by atoms with E-state index < -0.39 is 77.6 Å². The highest BCUT2D eigenvalue weighted by Gasteiger charge is 2.33. The van der Waals surface area contributed by atoms with E-state index in [1.165, 1.54) is 36.4 Å². The quantitative estimate of drug-likeness (QED) is 0.0497. The van der Waals surface area contributed by atoms with Crippen molar-refractivity contribution in [3.05, 3.63) is 100.0 Å². The molecule has 14 nitrogen and oxygen atoms in total. The third kappa shape index (κ3) is 10.8. The van der Waals surface area contributed by atoms with Gasteiger partial charge < -0.3 is 19.2 Å². The summed E-state index contributed by atoms with van der Waals surface area (Å²) in [5.41, 5.74) is 3.83. The Hall–Kier alpha value is -5.53. The van der Waals surface area contributed by atoms with Crippen molar-refractivity contribution in [2.24, 2.45) is 0 Å². The van der Waals surface area contributed by atoms with Gasteiger partial charge in [0.1, 0.15) is 65.4 Å². The summed E-state index contributed by atoms with van der Waals surface area (Å²) < 4.78 is 133. The fraction of sp³-hybridized carbons (Fsp3) is 0.364. The molecule has 4 aromatic heterocycles. The predicted molar refractivity (Wildman–Crippen MR) is 243 cm³/mol. The Labute approximate surface area is 393 Å². The number of rotatable bonds is 14. The molecule has 2 aliphatic carbocycles. The van der Waals surface area contributed by atoms with Crippen molar-refractivity contribution in [2.75, 3.05) is 26.7 Å². The van der Waals surface area contributed by atoms with Gasteiger partial charge in [0.25, 0.3) is 0 Å². The molecule has 0 amide bonds. The lowest BCUT2D eigenvalue weighted by Crippen LogP contribution is -2.41. The normalized spacial score (nSPS) is 14.2. The van der Waals surface area contributed by atoms with E-state index in [1.54, 1.807) is 30.5 Å². The molecule has 6 aromatic rings. The number of benzene rings is 2. The van der Waals surface area contributed by atoms with Crippen LogP contribution in [0.25, 0.3) is 33.2 Å². The van der Waals surface area contributed by atoms with Crippen molar-refractivity contribution < 1.29 is 53.2 Å². The Bertz CT molecular complexity index is 3100. The molecule has 24 heteroatoms. The van der Waals surface area contributed by atoms with Crippen molar-refractivity contribution in [2.45, 2.75) is 86.3 Å². The van der Waals surface area contributed by atoms with E-state index in [9.17, 15) is 63.7 Å². The van der Waals surface area contributed by atoms with Crippen LogP contribution in [0.5, 0.6) is 0 Å². The number of sulfonamides is 2. The summed E-state index contributed by atoms with van der Waals surface area (Å²) >= 11 is 5.48. The molecule has 0 atom stereocenters. The lowest BCUT2D eigenvalue weighted by atomic mass is 9.81. The first-order valence-electron chi connectivity index (χ1n) is 21.0. The molecule has 4 heterocycles. The van der Waals surface area contributed by atoms with Gasteiger partial charge in [-0.2, -0.15) is 10.5 Å². The maximum atomic E-state index is 14.3. The van der Waals surface area contributed by atoms with Gasteiger partial charge in [-0.15, -0.1) is 0 Å². The number of aromatic nitrogens is 4. The first-order valence-corrected chi connectivity index (χ1v) is 24.4. The number of nitriles is 2. The highest BCUT2D eigenvalue weighted by molar-refractivity contribution is 7.89. The number of pyridine rings is 2. The monoisotopic (exact) mass is 1000 g/mol. The molecular weight excluding hydrogens is 961 g/mol. The molecule has 8 rings (SSSR count). The fourth-order valence-corrected chi connectivity index (χ4v) is 10.1. The van der Waals surface area contributed by atoms with Gasteiger partial charge in [0, 0.05) is 40.8 Å². The van der Waals surface area contributed by atoms with Gasteiger partial charge in [0.05, 0.1) is 45.7 Å². The summed E-state index contributed by atoms with van der Waals surface area (Å²) in [6.07, 6.45) is 7.89. The number of alkyl halides is 4. The SMILES string of the molecule is Cc1cc2c(cc1F)c(C#N)c(-c1ccc(S(=O)(=O)NC(CF)CF)cn1)n2C1CCC1.Cc1cc2c(cc1F)c(C#N)c(B(O)O)n2C1CCC1.O=S(=O)(NC(CF)CF)c1ccc(Cl)nc1. The van der Waals surface area contributed by atoms with Crippen molar-refractivity contribution in [3.8, 4) is 23.5 Å². The Morgan fingerprint density at radius 1 is 0.721 bits per heavy atom. The van der Waals surface area contributed by atoms with Crippen LogP contribution in [0.2, 0.25) is 5.15 Å². The Morgan fingerprint density at radius 2 is 1.16 bits per heavy atom. The molecular formula is C44H44BClF6N8O6S2. The van der Waals surface area contributed by atoms with Crippen molar-refractivity contribution in [1.29, 1.82) is 10.5 Å². The average molecular weight is 1010 g/mol. The van der Waals surface area contributed by atoms with Gasteiger partial charge in [-0.3, -0.25) is 4.98 Å². The number of aryl methyl sites for hydroxylation is 2. The molecule has 0 radical (unpaired) electrons. The van der Waals surface area contributed by atoms with Crippen LogP contribution in [0.4, 0.5) is 26.3 Å². The number of nitrogens with zero attached hydrogens (tertiary/aromatic N) is 6. The van der Waals surface area contributed by atoms with Crippen molar-refractivity contribution in [1.82, 2.24) is 28.5 Å².